The number of hydrogen-bond acceptors (Lipinski definition) is 3. The fourth-order valence-electron chi connectivity index (χ4n) is 2.32. The van der Waals surface area contributed by atoms with Crippen LogP contribution in [-0.4, -0.2) is 43.1 Å². The van der Waals surface area contributed by atoms with E-state index < -0.39 is 57.8 Å². The maximum absolute atomic E-state index is 13.1. The molecular formula is C12H11F4NO4S. The van der Waals surface area contributed by atoms with Gasteiger partial charge >= 0.3 is 12.1 Å². The number of benzene rings is 1. The summed E-state index contributed by atoms with van der Waals surface area (Å²) < 4.78 is 76.5. The number of alkyl halides is 3. The van der Waals surface area contributed by atoms with Crippen molar-refractivity contribution < 1.29 is 35.9 Å². The summed E-state index contributed by atoms with van der Waals surface area (Å²) in [4.78, 5) is 10.4. The molecule has 0 amide bonds. The van der Waals surface area contributed by atoms with E-state index in [1.165, 1.54) is 0 Å². The second-order valence-electron chi connectivity index (χ2n) is 4.87. The van der Waals surface area contributed by atoms with Crippen molar-refractivity contribution in [2.75, 3.05) is 13.1 Å². The van der Waals surface area contributed by atoms with Crippen LogP contribution < -0.4 is 0 Å². The average molecular weight is 341 g/mol. The van der Waals surface area contributed by atoms with E-state index in [2.05, 4.69) is 0 Å². The fourth-order valence-corrected chi connectivity index (χ4v) is 3.85. The Hall–Kier alpha value is -1.68. The molecule has 22 heavy (non-hydrogen) atoms. The molecule has 0 unspecified atom stereocenters. The van der Waals surface area contributed by atoms with Gasteiger partial charge in [0, 0.05) is 13.1 Å². The number of sulfonamides is 1. The van der Waals surface area contributed by atoms with Crippen molar-refractivity contribution in [2.45, 2.75) is 11.1 Å². The quantitative estimate of drug-likeness (QED) is 0.850. The van der Waals surface area contributed by atoms with Crippen molar-refractivity contribution >= 4 is 16.0 Å². The number of nitrogens with zero attached hydrogens (tertiary/aromatic N) is 1. The number of aliphatic carboxylic acids is 1. The number of halogens is 4. The lowest BCUT2D eigenvalue weighted by atomic mass is 9.96. The summed E-state index contributed by atoms with van der Waals surface area (Å²) in [7, 11) is -4.39. The van der Waals surface area contributed by atoms with Gasteiger partial charge in [0.05, 0.1) is 16.7 Å². The molecule has 1 aromatic carbocycles. The molecule has 0 aliphatic carbocycles. The summed E-state index contributed by atoms with van der Waals surface area (Å²) in [5.74, 6) is -6.77. The Balaban J connectivity index is 2.36. The van der Waals surface area contributed by atoms with E-state index in [1.807, 2.05) is 0 Å². The van der Waals surface area contributed by atoms with Crippen molar-refractivity contribution in [1.82, 2.24) is 4.31 Å². The molecular weight excluding hydrogens is 330 g/mol. The lowest BCUT2D eigenvalue weighted by Gasteiger charge is -2.18. The molecule has 2 atom stereocenters. The van der Waals surface area contributed by atoms with Gasteiger partial charge in [0.2, 0.25) is 10.0 Å². The highest BCUT2D eigenvalue weighted by Crippen LogP contribution is 2.39. The Kier molecular flexibility index (Phi) is 4.18. The molecule has 0 radical (unpaired) electrons. The molecule has 1 saturated heterocycles. The number of carboxylic acid groups (broad SMARTS) is 1. The van der Waals surface area contributed by atoms with Gasteiger partial charge in [0.25, 0.3) is 0 Å². The lowest BCUT2D eigenvalue weighted by Crippen LogP contribution is -2.34. The molecule has 1 aliphatic heterocycles. The number of carboxylic acids is 1. The summed E-state index contributed by atoms with van der Waals surface area (Å²) in [6, 6.07) is 3.80. The Morgan fingerprint density at radius 1 is 1.27 bits per heavy atom. The SMILES string of the molecule is O=C(O)[C@@H]1CN(S(=O)(=O)c2cccc(F)c2)C[C@H]1C(F)(F)F. The third kappa shape index (κ3) is 3.07. The van der Waals surface area contributed by atoms with Crippen LogP contribution in [0.4, 0.5) is 17.6 Å². The van der Waals surface area contributed by atoms with Gasteiger partial charge < -0.3 is 5.11 Å². The van der Waals surface area contributed by atoms with Crippen molar-refractivity contribution in [3.8, 4) is 0 Å². The van der Waals surface area contributed by atoms with Crippen LogP contribution in [0.5, 0.6) is 0 Å². The van der Waals surface area contributed by atoms with Gasteiger partial charge in [-0.3, -0.25) is 4.79 Å². The standard InChI is InChI=1S/C12H11F4NO4S/c13-7-2-1-3-8(4-7)22(20,21)17-5-9(11(18)19)10(6-17)12(14,15)16/h1-4,9-10H,5-6H2,(H,18,19)/t9-,10-/m1/s1. The minimum atomic E-state index is -4.84. The maximum atomic E-state index is 13.1. The highest BCUT2D eigenvalue weighted by molar-refractivity contribution is 7.89. The van der Waals surface area contributed by atoms with Crippen molar-refractivity contribution in [3.05, 3.63) is 30.1 Å². The summed E-state index contributed by atoms with van der Waals surface area (Å²) >= 11 is 0. The first-order valence-electron chi connectivity index (χ1n) is 6.08. The molecule has 1 heterocycles. The van der Waals surface area contributed by atoms with E-state index in [1.54, 1.807) is 0 Å². The van der Waals surface area contributed by atoms with E-state index in [9.17, 15) is 30.8 Å². The molecule has 5 nitrogen and oxygen atoms in total. The zero-order chi connectivity index (χ0) is 16.7. The van der Waals surface area contributed by atoms with E-state index in [0.29, 0.717) is 10.4 Å². The Bertz CT molecular complexity index is 689. The largest absolute Gasteiger partial charge is 0.481 e. The van der Waals surface area contributed by atoms with Crippen molar-refractivity contribution in [3.63, 3.8) is 0 Å². The smallest absolute Gasteiger partial charge is 0.393 e. The molecule has 0 aromatic heterocycles. The van der Waals surface area contributed by atoms with Gasteiger partial charge in [-0.15, -0.1) is 0 Å². The Morgan fingerprint density at radius 3 is 2.36 bits per heavy atom. The van der Waals surface area contributed by atoms with E-state index in [-0.39, 0.29) is 0 Å². The van der Waals surface area contributed by atoms with Gasteiger partial charge in [-0.1, -0.05) is 6.07 Å². The van der Waals surface area contributed by atoms with Crippen LogP contribution in [0.2, 0.25) is 0 Å². The predicted molar refractivity (Wildman–Crippen MR) is 65.8 cm³/mol. The van der Waals surface area contributed by atoms with Gasteiger partial charge in [0.1, 0.15) is 5.82 Å². The zero-order valence-corrected chi connectivity index (χ0v) is 11.7. The van der Waals surface area contributed by atoms with Gasteiger partial charge in [0.15, 0.2) is 0 Å². The molecule has 2 rings (SSSR count). The average Bonchev–Trinajstić information content (AvgIpc) is 2.84. The minimum absolute atomic E-state index is 0.429. The minimum Gasteiger partial charge on any atom is -0.481 e. The monoisotopic (exact) mass is 341 g/mol. The third-order valence-electron chi connectivity index (χ3n) is 3.46. The van der Waals surface area contributed by atoms with Gasteiger partial charge in [-0.05, 0) is 18.2 Å². The molecule has 10 heteroatoms. The van der Waals surface area contributed by atoms with E-state index >= 15 is 0 Å². The van der Waals surface area contributed by atoms with Crippen LogP contribution in [0.25, 0.3) is 0 Å². The highest BCUT2D eigenvalue weighted by atomic mass is 32.2. The summed E-state index contributed by atoms with van der Waals surface area (Å²) in [5.41, 5.74) is 0. The van der Waals surface area contributed by atoms with Crippen LogP contribution in [0.15, 0.2) is 29.2 Å². The fraction of sp³-hybridized carbons (Fsp3) is 0.417. The maximum Gasteiger partial charge on any atom is 0.393 e. The predicted octanol–water partition coefficient (Wildman–Crippen LogP) is 1.71. The molecule has 122 valence electrons. The van der Waals surface area contributed by atoms with Gasteiger partial charge in [-0.25, -0.2) is 12.8 Å². The van der Waals surface area contributed by atoms with Crippen LogP contribution >= 0.6 is 0 Å². The normalized spacial score (nSPS) is 23.6. The number of hydrogen-bond donors (Lipinski definition) is 1. The Labute approximate surface area is 123 Å². The van der Waals surface area contributed by atoms with Crippen LogP contribution in [-0.2, 0) is 14.8 Å². The molecule has 1 aliphatic rings. The molecule has 1 aromatic rings. The summed E-state index contributed by atoms with van der Waals surface area (Å²) in [5, 5.41) is 8.86. The summed E-state index contributed by atoms with van der Waals surface area (Å²) in [6.07, 6.45) is -4.84. The first kappa shape index (κ1) is 16.7. The Morgan fingerprint density at radius 2 is 1.91 bits per heavy atom. The second kappa shape index (κ2) is 5.51. The molecule has 0 spiro atoms. The van der Waals surface area contributed by atoms with E-state index in [0.717, 1.165) is 18.2 Å². The summed E-state index contributed by atoms with van der Waals surface area (Å²) in [6.45, 7) is -1.81. The number of carbonyl (C=O) groups is 1. The number of rotatable bonds is 3. The molecule has 1 N–H and O–H groups in total. The van der Waals surface area contributed by atoms with Crippen LogP contribution in [0, 0.1) is 17.7 Å². The first-order valence-corrected chi connectivity index (χ1v) is 7.52. The molecule has 1 fully saturated rings. The van der Waals surface area contributed by atoms with Crippen molar-refractivity contribution in [1.29, 1.82) is 0 Å². The molecule has 0 saturated carbocycles. The third-order valence-corrected chi connectivity index (χ3v) is 5.29. The van der Waals surface area contributed by atoms with Crippen LogP contribution in [0.3, 0.4) is 0 Å². The highest BCUT2D eigenvalue weighted by Gasteiger charge is 2.54. The molecule has 0 bridgehead atoms. The van der Waals surface area contributed by atoms with E-state index in [4.69, 9.17) is 5.11 Å². The van der Waals surface area contributed by atoms with Crippen molar-refractivity contribution in [2.24, 2.45) is 11.8 Å². The topological polar surface area (TPSA) is 74.7 Å². The zero-order valence-electron chi connectivity index (χ0n) is 10.9. The lowest BCUT2D eigenvalue weighted by molar-refractivity contribution is -0.187. The van der Waals surface area contributed by atoms with Gasteiger partial charge in [-0.2, -0.15) is 17.5 Å². The van der Waals surface area contributed by atoms with Crippen LogP contribution in [0.1, 0.15) is 0 Å². The second-order valence-corrected chi connectivity index (χ2v) is 6.81. The first-order chi connectivity index (χ1) is 10.0.